The lowest BCUT2D eigenvalue weighted by molar-refractivity contribution is 0.00467. The molecule has 1 aromatic carbocycles. The number of para-hydroxylation sites is 1. The van der Waals surface area contributed by atoms with Crippen LogP contribution in [0.2, 0.25) is 0 Å². The fraction of sp³-hybridized carbons (Fsp3) is 0.619. The van der Waals surface area contributed by atoms with Gasteiger partial charge in [-0.3, -0.25) is 4.90 Å². The number of nitriles is 1. The lowest BCUT2D eigenvalue weighted by atomic mass is 9.99. The average Bonchev–Trinajstić information content (AvgIpc) is 2.66. The fourth-order valence-electron chi connectivity index (χ4n) is 3.26. The van der Waals surface area contributed by atoms with Crippen molar-refractivity contribution in [2.75, 3.05) is 33.4 Å². The minimum absolute atomic E-state index is 0.140. The van der Waals surface area contributed by atoms with Gasteiger partial charge in [0.2, 0.25) is 0 Å². The van der Waals surface area contributed by atoms with E-state index in [4.69, 9.17) is 19.5 Å². The molecule has 1 aromatic rings. The van der Waals surface area contributed by atoms with Crippen LogP contribution in [0.25, 0.3) is 0 Å². The SMILES string of the molecule is COC1CCN(CCOc2ccccc2C#N)C(CNC(=O)OC(C)(C)C)C1. The van der Waals surface area contributed by atoms with Gasteiger partial charge in [0.25, 0.3) is 0 Å². The van der Waals surface area contributed by atoms with Gasteiger partial charge in [-0.05, 0) is 45.7 Å². The predicted molar refractivity (Wildman–Crippen MR) is 106 cm³/mol. The molecule has 0 aromatic heterocycles. The molecule has 0 spiro atoms. The first-order valence-electron chi connectivity index (χ1n) is 9.68. The van der Waals surface area contributed by atoms with Gasteiger partial charge in [0.05, 0.1) is 11.7 Å². The van der Waals surface area contributed by atoms with Crippen molar-refractivity contribution in [3.05, 3.63) is 29.8 Å². The topological polar surface area (TPSA) is 83.8 Å². The third-order valence-corrected chi connectivity index (χ3v) is 4.65. The van der Waals surface area contributed by atoms with Gasteiger partial charge in [0.15, 0.2) is 0 Å². The summed E-state index contributed by atoms with van der Waals surface area (Å²) < 4.78 is 16.7. The maximum atomic E-state index is 12.0. The molecule has 0 aliphatic carbocycles. The van der Waals surface area contributed by atoms with Crippen molar-refractivity contribution in [3.8, 4) is 11.8 Å². The molecule has 1 saturated heterocycles. The van der Waals surface area contributed by atoms with Gasteiger partial charge < -0.3 is 19.5 Å². The summed E-state index contributed by atoms with van der Waals surface area (Å²) in [6.45, 7) is 8.06. The van der Waals surface area contributed by atoms with Crippen LogP contribution in [0, 0.1) is 11.3 Å². The number of alkyl carbamates (subject to hydrolysis) is 1. The molecule has 2 atom stereocenters. The molecule has 1 fully saturated rings. The minimum Gasteiger partial charge on any atom is -0.491 e. The van der Waals surface area contributed by atoms with Gasteiger partial charge in [-0.25, -0.2) is 4.79 Å². The Labute approximate surface area is 167 Å². The molecule has 1 aliphatic rings. The smallest absolute Gasteiger partial charge is 0.407 e. The zero-order chi connectivity index (χ0) is 20.6. The average molecular weight is 389 g/mol. The molecular formula is C21H31N3O4. The summed E-state index contributed by atoms with van der Waals surface area (Å²) in [5.41, 5.74) is 0.0108. The van der Waals surface area contributed by atoms with E-state index in [0.29, 0.717) is 31.0 Å². The zero-order valence-corrected chi connectivity index (χ0v) is 17.2. The minimum atomic E-state index is -0.520. The number of likely N-dealkylation sites (tertiary alicyclic amines) is 1. The second kappa shape index (κ2) is 10.3. The number of piperidine rings is 1. The van der Waals surface area contributed by atoms with Crippen molar-refractivity contribution in [2.24, 2.45) is 0 Å². The van der Waals surface area contributed by atoms with Crippen LogP contribution < -0.4 is 10.1 Å². The van der Waals surface area contributed by atoms with Crippen molar-refractivity contribution in [2.45, 2.75) is 51.4 Å². The van der Waals surface area contributed by atoms with Crippen LogP contribution in [0.4, 0.5) is 4.79 Å². The highest BCUT2D eigenvalue weighted by atomic mass is 16.6. The number of rotatable bonds is 7. The number of carbonyl (C=O) groups excluding carboxylic acids is 1. The van der Waals surface area contributed by atoms with E-state index < -0.39 is 11.7 Å². The van der Waals surface area contributed by atoms with Gasteiger partial charge >= 0.3 is 6.09 Å². The van der Waals surface area contributed by atoms with Crippen molar-refractivity contribution in [3.63, 3.8) is 0 Å². The maximum Gasteiger partial charge on any atom is 0.407 e. The molecule has 0 bridgehead atoms. The first kappa shape index (κ1) is 22.0. The van der Waals surface area contributed by atoms with E-state index in [0.717, 1.165) is 19.4 Å². The van der Waals surface area contributed by atoms with Crippen LogP contribution in [0.1, 0.15) is 39.2 Å². The van der Waals surface area contributed by atoms with Crippen LogP contribution in [0.15, 0.2) is 24.3 Å². The number of nitrogens with zero attached hydrogens (tertiary/aromatic N) is 2. The molecule has 2 unspecified atom stereocenters. The Kier molecular flexibility index (Phi) is 8.09. The van der Waals surface area contributed by atoms with E-state index in [1.165, 1.54) is 0 Å². The molecule has 0 saturated carbocycles. The molecule has 28 heavy (non-hydrogen) atoms. The summed E-state index contributed by atoms with van der Waals surface area (Å²) in [7, 11) is 1.72. The number of hydrogen-bond acceptors (Lipinski definition) is 6. The van der Waals surface area contributed by atoms with E-state index in [1.807, 2.05) is 32.9 Å². The van der Waals surface area contributed by atoms with Crippen LogP contribution in [-0.4, -0.2) is 62.1 Å². The summed E-state index contributed by atoms with van der Waals surface area (Å²) in [4.78, 5) is 14.3. The van der Waals surface area contributed by atoms with Gasteiger partial charge in [-0.1, -0.05) is 12.1 Å². The van der Waals surface area contributed by atoms with Crippen LogP contribution >= 0.6 is 0 Å². The number of benzene rings is 1. The second-order valence-electron chi connectivity index (χ2n) is 7.91. The Bertz CT molecular complexity index is 681. The summed E-state index contributed by atoms with van der Waals surface area (Å²) in [6.07, 6.45) is 1.54. The van der Waals surface area contributed by atoms with Gasteiger partial charge in [-0.2, -0.15) is 5.26 Å². The van der Waals surface area contributed by atoms with Crippen molar-refractivity contribution >= 4 is 6.09 Å². The highest BCUT2D eigenvalue weighted by molar-refractivity contribution is 5.67. The van der Waals surface area contributed by atoms with Crippen LogP contribution in [0.3, 0.4) is 0 Å². The van der Waals surface area contributed by atoms with E-state index in [-0.39, 0.29) is 12.1 Å². The van der Waals surface area contributed by atoms with E-state index in [2.05, 4.69) is 16.3 Å². The molecule has 7 heteroatoms. The Morgan fingerprint density at radius 3 is 2.79 bits per heavy atom. The molecule has 1 amide bonds. The van der Waals surface area contributed by atoms with Crippen LogP contribution in [-0.2, 0) is 9.47 Å². The van der Waals surface area contributed by atoms with Crippen molar-refractivity contribution in [1.82, 2.24) is 10.2 Å². The third kappa shape index (κ3) is 7.02. The fourth-order valence-corrected chi connectivity index (χ4v) is 3.26. The third-order valence-electron chi connectivity index (χ3n) is 4.65. The largest absolute Gasteiger partial charge is 0.491 e. The summed E-state index contributed by atoms with van der Waals surface area (Å²) in [5, 5.41) is 12.0. The Balaban J connectivity index is 1.89. The Hall–Kier alpha value is -2.30. The molecule has 1 heterocycles. The van der Waals surface area contributed by atoms with E-state index >= 15 is 0 Å². The molecule has 0 radical (unpaired) electrons. The highest BCUT2D eigenvalue weighted by Gasteiger charge is 2.29. The number of nitrogens with one attached hydrogen (secondary N) is 1. The lowest BCUT2D eigenvalue weighted by Crippen LogP contribution is -2.51. The number of amides is 1. The molecular weight excluding hydrogens is 358 g/mol. The van der Waals surface area contributed by atoms with Crippen molar-refractivity contribution in [1.29, 1.82) is 5.26 Å². The Morgan fingerprint density at radius 2 is 2.11 bits per heavy atom. The van der Waals surface area contributed by atoms with Crippen molar-refractivity contribution < 1.29 is 19.0 Å². The maximum absolute atomic E-state index is 12.0. The molecule has 1 aliphatic heterocycles. The monoisotopic (exact) mass is 389 g/mol. The first-order chi connectivity index (χ1) is 13.3. The standard InChI is InChI=1S/C21H31N3O4/c1-21(2,3)28-20(25)23-15-17-13-18(26-4)9-10-24(17)11-12-27-19-8-6-5-7-16(19)14-22/h5-8,17-18H,9-13,15H2,1-4H3,(H,23,25). The number of hydrogen-bond donors (Lipinski definition) is 1. The number of carbonyl (C=O) groups is 1. The van der Waals surface area contributed by atoms with Gasteiger partial charge in [0.1, 0.15) is 24.0 Å². The molecule has 2 rings (SSSR count). The normalized spacial score (nSPS) is 20.2. The summed E-state index contributed by atoms with van der Waals surface area (Å²) >= 11 is 0. The second-order valence-corrected chi connectivity index (χ2v) is 7.91. The molecule has 154 valence electrons. The lowest BCUT2D eigenvalue weighted by Gasteiger charge is -2.39. The van der Waals surface area contributed by atoms with E-state index in [1.54, 1.807) is 19.2 Å². The van der Waals surface area contributed by atoms with Gasteiger partial charge in [0, 0.05) is 32.8 Å². The summed E-state index contributed by atoms with van der Waals surface area (Å²) in [6, 6.07) is 9.50. The zero-order valence-electron chi connectivity index (χ0n) is 17.2. The highest BCUT2D eigenvalue weighted by Crippen LogP contribution is 2.20. The van der Waals surface area contributed by atoms with E-state index in [9.17, 15) is 4.79 Å². The van der Waals surface area contributed by atoms with Gasteiger partial charge in [-0.15, -0.1) is 0 Å². The summed E-state index contributed by atoms with van der Waals surface area (Å²) in [5.74, 6) is 0.597. The first-order valence-corrected chi connectivity index (χ1v) is 9.68. The number of methoxy groups -OCH3 is 1. The van der Waals surface area contributed by atoms with Crippen LogP contribution in [0.5, 0.6) is 5.75 Å². The molecule has 7 nitrogen and oxygen atoms in total. The number of ether oxygens (including phenoxy) is 3. The Morgan fingerprint density at radius 1 is 1.36 bits per heavy atom. The predicted octanol–water partition coefficient (Wildman–Crippen LogP) is 2.94. The quantitative estimate of drug-likeness (QED) is 0.772. The molecule has 1 N–H and O–H groups in total.